The smallest absolute Gasteiger partial charge is 0.107 e. The normalized spacial score (nSPS) is 11.1. The molecule has 0 atom stereocenters. The van der Waals surface area contributed by atoms with Crippen molar-refractivity contribution < 1.29 is 5.11 Å². The topological polar surface area (TPSA) is 38.0 Å². The van der Waals surface area contributed by atoms with Gasteiger partial charge >= 0.3 is 0 Å². The lowest BCUT2D eigenvalue weighted by Crippen LogP contribution is -2.02. The van der Waals surface area contributed by atoms with Crippen LogP contribution < -0.4 is 0 Å². The summed E-state index contributed by atoms with van der Waals surface area (Å²) in [6.45, 7) is 2.88. The quantitative estimate of drug-likeness (QED) is 0.778. The number of aliphatic hydroxyl groups excluding tert-OH is 1. The predicted octanol–water partition coefficient (Wildman–Crippen LogP) is 2.89. The summed E-state index contributed by atoms with van der Waals surface area (Å²) in [6, 6.07) is 16.2. The molecule has 1 N–H and O–H groups in total. The fraction of sp³-hybridized carbons (Fsp3) is 0.188. The summed E-state index contributed by atoms with van der Waals surface area (Å²) in [5.41, 5.74) is 4.30. The summed E-state index contributed by atoms with van der Waals surface area (Å²) in [4.78, 5) is 4.57. The van der Waals surface area contributed by atoms with E-state index in [-0.39, 0.29) is 6.61 Å². The van der Waals surface area contributed by atoms with Crippen molar-refractivity contribution >= 4 is 11.0 Å². The maximum absolute atomic E-state index is 9.20. The van der Waals surface area contributed by atoms with Crippen LogP contribution in [0.3, 0.4) is 0 Å². The van der Waals surface area contributed by atoms with E-state index >= 15 is 0 Å². The summed E-state index contributed by atoms with van der Waals surface area (Å²) < 4.78 is 2.20. The first-order valence-electron chi connectivity index (χ1n) is 6.38. The first-order chi connectivity index (χ1) is 9.28. The van der Waals surface area contributed by atoms with E-state index in [1.54, 1.807) is 0 Å². The number of fused-ring (bicyclic) bond motifs is 1. The number of hydrogen-bond acceptors (Lipinski definition) is 2. The molecule has 3 nitrogen and oxygen atoms in total. The lowest BCUT2D eigenvalue weighted by Gasteiger charge is -2.08. The Bertz CT molecular complexity index is 716. The third-order valence-corrected chi connectivity index (χ3v) is 3.36. The van der Waals surface area contributed by atoms with Crippen LogP contribution in [0.2, 0.25) is 0 Å². The maximum Gasteiger partial charge on any atom is 0.107 e. The number of nitrogens with zero attached hydrogens (tertiary/aromatic N) is 2. The summed E-state index contributed by atoms with van der Waals surface area (Å²) in [5, 5.41) is 9.20. The van der Waals surface area contributed by atoms with Crippen LogP contribution in [0.25, 0.3) is 11.0 Å². The monoisotopic (exact) mass is 252 g/mol. The van der Waals surface area contributed by atoms with Gasteiger partial charge in [-0.25, -0.2) is 4.98 Å². The van der Waals surface area contributed by atoms with Gasteiger partial charge in [-0.2, -0.15) is 0 Å². The number of imidazole rings is 1. The molecule has 3 rings (SSSR count). The molecule has 0 unspecified atom stereocenters. The molecule has 0 saturated heterocycles. The van der Waals surface area contributed by atoms with Crippen molar-refractivity contribution in [1.82, 2.24) is 9.55 Å². The molecule has 3 aromatic rings. The summed E-state index contributed by atoms with van der Waals surface area (Å²) >= 11 is 0. The first-order valence-corrected chi connectivity index (χ1v) is 6.38. The molecule has 0 fully saturated rings. The fourth-order valence-corrected chi connectivity index (χ4v) is 2.40. The van der Waals surface area contributed by atoms with Crippen LogP contribution in [0.1, 0.15) is 17.0 Å². The number of benzene rings is 2. The Labute approximate surface area is 112 Å². The highest BCUT2D eigenvalue weighted by Gasteiger charge is 2.07. The third-order valence-electron chi connectivity index (χ3n) is 3.36. The molecular formula is C16H16N2O. The average Bonchev–Trinajstić information content (AvgIpc) is 2.76. The Balaban J connectivity index is 2.02. The zero-order valence-electron chi connectivity index (χ0n) is 10.9. The van der Waals surface area contributed by atoms with E-state index in [9.17, 15) is 5.11 Å². The van der Waals surface area contributed by atoms with E-state index < -0.39 is 0 Å². The van der Waals surface area contributed by atoms with Crippen molar-refractivity contribution in [3.63, 3.8) is 0 Å². The highest BCUT2D eigenvalue weighted by Crippen LogP contribution is 2.17. The number of hydrogen-bond donors (Lipinski definition) is 1. The minimum absolute atomic E-state index is 0.0809. The van der Waals surface area contributed by atoms with Gasteiger partial charge in [0.25, 0.3) is 0 Å². The van der Waals surface area contributed by atoms with Crippen LogP contribution in [-0.4, -0.2) is 14.7 Å². The molecule has 3 heteroatoms. The SMILES string of the molecule is Cc1nc2ccccc2n1Cc1cccc(CO)c1. The van der Waals surface area contributed by atoms with Gasteiger partial charge in [-0.15, -0.1) is 0 Å². The number of aromatic nitrogens is 2. The zero-order valence-corrected chi connectivity index (χ0v) is 10.9. The van der Waals surface area contributed by atoms with E-state index in [4.69, 9.17) is 0 Å². The van der Waals surface area contributed by atoms with Crippen LogP contribution in [0.4, 0.5) is 0 Å². The van der Waals surface area contributed by atoms with Crippen molar-refractivity contribution in [2.24, 2.45) is 0 Å². The predicted molar refractivity (Wildman–Crippen MR) is 75.9 cm³/mol. The summed E-state index contributed by atoms with van der Waals surface area (Å²) in [5.74, 6) is 1.01. The molecule has 0 saturated carbocycles. The molecule has 0 aliphatic heterocycles. The highest BCUT2D eigenvalue weighted by atomic mass is 16.3. The van der Waals surface area contributed by atoms with Gasteiger partial charge in [-0.05, 0) is 30.2 Å². The molecule has 96 valence electrons. The lowest BCUT2D eigenvalue weighted by atomic mass is 10.1. The molecule has 0 aliphatic rings. The standard InChI is InChI=1S/C16H16N2O/c1-12-17-15-7-2-3-8-16(15)18(12)10-13-5-4-6-14(9-13)11-19/h2-9,19H,10-11H2,1H3. The molecule has 1 aromatic heterocycles. The maximum atomic E-state index is 9.20. The molecule has 19 heavy (non-hydrogen) atoms. The molecule has 0 amide bonds. The number of rotatable bonds is 3. The van der Waals surface area contributed by atoms with E-state index in [1.807, 2.05) is 43.3 Å². The summed E-state index contributed by atoms with van der Waals surface area (Å²) in [7, 11) is 0. The van der Waals surface area contributed by atoms with Crippen molar-refractivity contribution in [2.45, 2.75) is 20.1 Å². The van der Waals surface area contributed by atoms with E-state index in [0.717, 1.165) is 29.0 Å². The Hall–Kier alpha value is -2.13. The van der Waals surface area contributed by atoms with Gasteiger partial charge < -0.3 is 9.67 Å². The van der Waals surface area contributed by atoms with Gasteiger partial charge in [0.1, 0.15) is 5.82 Å². The van der Waals surface area contributed by atoms with Crippen LogP contribution in [0.15, 0.2) is 48.5 Å². The largest absolute Gasteiger partial charge is 0.392 e. The van der Waals surface area contributed by atoms with Crippen LogP contribution in [-0.2, 0) is 13.2 Å². The molecule has 0 aliphatic carbocycles. The second-order valence-electron chi connectivity index (χ2n) is 4.71. The molecule has 0 spiro atoms. The van der Waals surface area contributed by atoms with Gasteiger partial charge in [0.05, 0.1) is 17.6 Å². The highest BCUT2D eigenvalue weighted by molar-refractivity contribution is 5.75. The van der Waals surface area contributed by atoms with Gasteiger partial charge in [-0.1, -0.05) is 36.4 Å². The second kappa shape index (κ2) is 4.86. The third kappa shape index (κ3) is 2.25. The minimum Gasteiger partial charge on any atom is -0.392 e. The Kier molecular flexibility index (Phi) is 3.05. The van der Waals surface area contributed by atoms with Crippen LogP contribution >= 0.6 is 0 Å². The lowest BCUT2D eigenvalue weighted by molar-refractivity contribution is 0.281. The van der Waals surface area contributed by atoms with Gasteiger partial charge in [0.15, 0.2) is 0 Å². The number of aliphatic hydroxyl groups is 1. The Morgan fingerprint density at radius 1 is 1.05 bits per heavy atom. The number of para-hydroxylation sites is 2. The van der Waals surface area contributed by atoms with E-state index in [1.165, 1.54) is 5.56 Å². The molecule has 1 heterocycles. The van der Waals surface area contributed by atoms with Crippen molar-refractivity contribution in [1.29, 1.82) is 0 Å². The van der Waals surface area contributed by atoms with Crippen LogP contribution in [0.5, 0.6) is 0 Å². The second-order valence-corrected chi connectivity index (χ2v) is 4.71. The van der Waals surface area contributed by atoms with Crippen LogP contribution in [0, 0.1) is 6.92 Å². The van der Waals surface area contributed by atoms with Crippen molar-refractivity contribution in [3.8, 4) is 0 Å². The van der Waals surface area contributed by atoms with E-state index in [0.29, 0.717) is 0 Å². The van der Waals surface area contributed by atoms with E-state index in [2.05, 4.69) is 21.7 Å². The zero-order chi connectivity index (χ0) is 13.2. The van der Waals surface area contributed by atoms with Gasteiger partial charge in [-0.3, -0.25) is 0 Å². The molecular weight excluding hydrogens is 236 g/mol. The fourth-order valence-electron chi connectivity index (χ4n) is 2.40. The first kappa shape index (κ1) is 11.9. The molecule has 2 aromatic carbocycles. The van der Waals surface area contributed by atoms with Gasteiger partial charge in [0.2, 0.25) is 0 Å². The Morgan fingerprint density at radius 3 is 2.68 bits per heavy atom. The molecule has 0 radical (unpaired) electrons. The van der Waals surface area contributed by atoms with Gasteiger partial charge in [0, 0.05) is 6.54 Å². The number of aryl methyl sites for hydroxylation is 1. The minimum atomic E-state index is 0.0809. The summed E-state index contributed by atoms with van der Waals surface area (Å²) in [6.07, 6.45) is 0. The molecule has 0 bridgehead atoms. The average molecular weight is 252 g/mol. The van der Waals surface area contributed by atoms with Crippen molar-refractivity contribution in [3.05, 3.63) is 65.5 Å². The Morgan fingerprint density at radius 2 is 1.84 bits per heavy atom. The van der Waals surface area contributed by atoms with Crippen molar-refractivity contribution in [2.75, 3.05) is 0 Å².